The van der Waals surface area contributed by atoms with E-state index in [4.69, 9.17) is 0 Å². The zero-order chi connectivity index (χ0) is 9.97. The number of hydrogen-bond acceptors (Lipinski definition) is 3. The number of carbonyl (C=O) groups is 1. The van der Waals surface area contributed by atoms with Crippen molar-refractivity contribution in [2.24, 2.45) is 0 Å². The van der Waals surface area contributed by atoms with Crippen LogP contribution in [-0.4, -0.2) is 15.5 Å². The molecule has 1 amide bonds. The standard InChI is InChI=1S/C9H10N4O/c1-7(14)11-12-8-6-10-13-5-3-2-4-9(8)13/h2-6,12H,1H3,(H,11,14). The summed E-state index contributed by atoms with van der Waals surface area (Å²) >= 11 is 0. The summed E-state index contributed by atoms with van der Waals surface area (Å²) in [5, 5.41) is 4.10. The van der Waals surface area contributed by atoms with Gasteiger partial charge >= 0.3 is 0 Å². The van der Waals surface area contributed by atoms with Crippen LogP contribution < -0.4 is 10.9 Å². The lowest BCUT2D eigenvalue weighted by atomic mass is 10.4. The van der Waals surface area contributed by atoms with Gasteiger partial charge in [0.15, 0.2) is 0 Å². The average molecular weight is 190 g/mol. The van der Waals surface area contributed by atoms with Gasteiger partial charge in [0.05, 0.1) is 17.4 Å². The number of nitrogens with one attached hydrogen (secondary N) is 2. The Hall–Kier alpha value is -2.04. The summed E-state index contributed by atoms with van der Waals surface area (Å²) in [5.74, 6) is -0.139. The van der Waals surface area contributed by atoms with Crippen LogP contribution in [0.2, 0.25) is 0 Å². The van der Waals surface area contributed by atoms with Crippen molar-refractivity contribution in [2.45, 2.75) is 6.92 Å². The van der Waals surface area contributed by atoms with E-state index in [9.17, 15) is 4.79 Å². The third-order valence-electron chi connectivity index (χ3n) is 1.80. The summed E-state index contributed by atoms with van der Waals surface area (Å²) in [6.45, 7) is 1.44. The molecule has 0 spiro atoms. The molecule has 5 nitrogen and oxygen atoms in total. The van der Waals surface area contributed by atoms with Crippen molar-refractivity contribution in [3.63, 3.8) is 0 Å². The van der Waals surface area contributed by atoms with E-state index in [1.807, 2.05) is 24.4 Å². The number of rotatable bonds is 2. The maximum atomic E-state index is 10.7. The molecule has 2 rings (SSSR count). The van der Waals surface area contributed by atoms with Crippen LogP contribution in [0.3, 0.4) is 0 Å². The normalized spacial score (nSPS) is 10.1. The Morgan fingerprint density at radius 3 is 3.14 bits per heavy atom. The zero-order valence-electron chi connectivity index (χ0n) is 7.69. The highest BCUT2D eigenvalue weighted by Crippen LogP contribution is 2.13. The molecule has 0 unspecified atom stereocenters. The van der Waals surface area contributed by atoms with Crippen LogP contribution >= 0.6 is 0 Å². The van der Waals surface area contributed by atoms with Crippen LogP contribution in [0, 0.1) is 0 Å². The van der Waals surface area contributed by atoms with E-state index in [0.29, 0.717) is 0 Å². The van der Waals surface area contributed by atoms with Gasteiger partial charge < -0.3 is 0 Å². The zero-order valence-corrected chi connectivity index (χ0v) is 7.69. The first kappa shape index (κ1) is 8.55. The number of fused-ring (bicyclic) bond motifs is 1. The van der Waals surface area contributed by atoms with Crippen LogP contribution in [-0.2, 0) is 4.79 Å². The molecule has 0 saturated carbocycles. The topological polar surface area (TPSA) is 58.4 Å². The minimum atomic E-state index is -0.139. The van der Waals surface area contributed by atoms with E-state index in [1.54, 1.807) is 10.7 Å². The Labute approximate surface area is 80.7 Å². The lowest BCUT2D eigenvalue weighted by Gasteiger charge is -2.03. The summed E-state index contributed by atoms with van der Waals surface area (Å²) in [5.41, 5.74) is 6.98. The first-order valence-corrected chi connectivity index (χ1v) is 4.22. The number of pyridine rings is 1. The third-order valence-corrected chi connectivity index (χ3v) is 1.80. The molecule has 0 atom stereocenters. The predicted octanol–water partition coefficient (Wildman–Crippen LogP) is 0.797. The van der Waals surface area contributed by atoms with Crippen LogP contribution in [0.5, 0.6) is 0 Å². The Balaban J connectivity index is 2.29. The van der Waals surface area contributed by atoms with Gasteiger partial charge in [0.25, 0.3) is 0 Å². The maximum absolute atomic E-state index is 10.7. The summed E-state index contributed by atoms with van der Waals surface area (Å²) in [6.07, 6.45) is 3.50. The van der Waals surface area contributed by atoms with E-state index >= 15 is 0 Å². The molecular weight excluding hydrogens is 180 g/mol. The SMILES string of the molecule is CC(=O)NNc1cnn2ccccc12. The Kier molecular flexibility index (Phi) is 2.06. The van der Waals surface area contributed by atoms with Gasteiger partial charge in [0.2, 0.25) is 5.91 Å². The highest BCUT2D eigenvalue weighted by atomic mass is 16.2. The highest BCUT2D eigenvalue weighted by Gasteiger charge is 2.01. The van der Waals surface area contributed by atoms with Gasteiger partial charge in [0.1, 0.15) is 0 Å². The van der Waals surface area contributed by atoms with Gasteiger partial charge in [-0.3, -0.25) is 15.6 Å². The van der Waals surface area contributed by atoms with Crippen molar-refractivity contribution in [3.8, 4) is 0 Å². The average Bonchev–Trinajstić information content (AvgIpc) is 2.58. The van der Waals surface area contributed by atoms with Crippen molar-refractivity contribution in [1.82, 2.24) is 15.0 Å². The lowest BCUT2D eigenvalue weighted by molar-refractivity contribution is -0.118. The Morgan fingerprint density at radius 2 is 2.36 bits per heavy atom. The molecular formula is C9H10N4O. The predicted molar refractivity (Wildman–Crippen MR) is 52.6 cm³/mol. The van der Waals surface area contributed by atoms with Crippen molar-refractivity contribution in [2.75, 3.05) is 5.43 Å². The minimum absolute atomic E-state index is 0.139. The van der Waals surface area contributed by atoms with Gasteiger partial charge in [-0.15, -0.1) is 0 Å². The molecule has 2 aromatic rings. The molecule has 2 aromatic heterocycles. The summed E-state index contributed by atoms with van der Waals surface area (Å²) < 4.78 is 1.73. The van der Waals surface area contributed by atoms with Crippen molar-refractivity contribution < 1.29 is 4.79 Å². The Bertz CT molecular complexity index is 463. The number of anilines is 1. The van der Waals surface area contributed by atoms with Crippen LogP contribution in [0.15, 0.2) is 30.6 Å². The Morgan fingerprint density at radius 1 is 1.50 bits per heavy atom. The fraction of sp³-hybridized carbons (Fsp3) is 0.111. The van der Waals surface area contributed by atoms with E-state index in [-0.39, 0.29) is 5.91 Å². The molecule has 72 valence electrons. The quantitative estimate of drug-likeness (QED) is 0.688. The van der Waals surface area contributed by atoms with E-state index in [0.717, 1.165) is 11.2 Å². The number of carbonyl (C=O) groups excluding carboxylic acids is 1. The molecule has 14 heavy (non-hydrogen) atoms. The van der Waals surface area contributed by atoms with Gasteiger partial charge in [-0.1, -0.05) is 6.07 Å². The molecule has 0 radical (unpaired) electrons. The highest BCUT2D eigenvalue weighted by molar-refractivity contribution is 5.77. The molecule has 0 bridgehead atoms. The van der Waals surface area contributed by atoms with Crippen LogP contribution in [0.4, 0.5) is 5.69 Å². The summed E-state index contributed by atoms with van der Waals surface area (Å²) in [7, 11) is 0. The molecule has 0 fully saturated rings. The minimum Gasteiger partial charge on any atom is -0.295 e. The number of hydrazine groups is 1. The molecule has 5 heteroatoms. The summed E-state index contributed by atoms with van der Waals surface area (Å²) in [4.78, 5) is 10.7. The lowest BCUT2D eigenvalue weighted by Crippen LogP contribution is -2.26. The maximum Gasteiger partial charge on any atom is 0.235 e. The van der Waals surface area contributed by atoms with E-state index in [2.05, 4.69) is 16.0 Å². The third kappa shape index (κ3) is 1.52. The van der Waals surface area contributed by atoms with Crippen molar-refractivity contribution in [3.05, 3.63) is 30.6 Å². The van der Waals surface area contributed by atoms with E-state index < -0.39 is 0 Å². The summed E-state index contributed by atoms with van der Waals surface area (Å²) in [6, 6.07) is 5.72. The van der Waals surface area contributed by atoms with E-state index in [1.165, 1.54) is 6.92 Å². The van der Waals surface area contributed by atoms with Gasteiger partial charge in [0, 0.05) is 13.1 Å². The molecule has 2 N–H and O–H groups in total. The number of hydrogen-bond donors (Lipinski definition) is 2. The number of nitrogens with zero attached hydrogens (tertiary/aromatic N) is 2. The largest absolute Gasteiger partial charge is 0.295 e. The fourth-order valence-corrected chi connectivity index (χ4v) is 1.19. The van der Waals surface area contributed by atoms with Crippen LogP contribution in [0.1, 0.15) is 6.92 Å². The van der Waals surface area contributed by atoms with Gasteiger partial charge in [-0.05, 0) is 12.1 Å². The number of amides is 1. The van der Waals surface area contributed by atoms with Gasteiger partial charge in [-0.2, -0.15) is 5.10 Å². The van der Waals surface area contributed by atoms with Crippen molar-refractivity contribution in [1.29, 1.82) is 0 Å². The van der Waals surface area contributed by atoms with Gasteiger partial charge in [-0.25, -0.2) is 4.52 Å². The monoisotopic (exact) mass is 190 g/mol. The molecule has 0 saturated heterocycles. The fourth-order valence-electron chi connectivity index (χ4n) is 1.19. The second kappa shape index (κ2) is 3.37. The number of aromatic nitrogens is 2. The van der Waals surface area contributed by atoms with Crippen LogP contribution in [0.25, 0.3) is 5.52 Å². The van der Waals surface area contributed by atoms with Crippen molar-refractivity contribution >= 4 is 17.1 Å². The molecule has 0 aliphatic heterocycles. The molecule has 0 aliphatic rings. The second-order valence-electron chi connectivity index (χ2n) is 2.89. The molecule has 2 heterocycles. The second-order valence-corrected chi connectivity index (χ2v) is 2.89. The molecule has 0 aromatic carbocycles. The first-order valence-electron chi connectivity index (χ1n) is 4.22. The smallest absolute Gasteiger partial charge is 0.235 e. The first-order chi connectivity index (χ1) is 6.77. The molecule has 0 aliphatic carbocycles.